The van der Waals surface area contributed by atoms with Crippen LogP contribution in [-0.4, -0.2) is 49.3 Å². The summed E-state index contributed by atoms with van der Waals surface area (Å²) in [6.45, 7) is 10.9. The molecule has 6 heteroatoms. The summed E-state index contributed by atoms with van der Waals surface area (Å²) in [5, 5.41) is 7.10. The minimum Gasteiger partial charge on any atom is -0.487 e. The molecule has 0 amide bonds. The molecule has 0 saturated carbocycles. The molecule has 6 nitrogen and oxygen atoms in total. The monoisotopic (exact) mass is 436 g/mol. The summed E-state index contributed by atoms with van der Waals surface area (Å²) in [5.74, 6) is 1.75. The van der Waals surface area contributed by atoms with E-state index in [4.69, 9.17) is 9.47 Å². The Balaban J connectivity index is 1.37. The highest BCUT2D eigenvalue weighted by Gasteiger charge is 2.33. The first-order valence-electron chi connectivity index (χ1n) is 11.6. The number of aliphatic imine (C=N–C) groups is 1. The smallest absolute Gasteiger partial charge is 0.191 e. The number of ether oxygens (including phenoxy) is 2. The number of morpholine rings is 1. The molecule has 2 heterocycles. The van der Waals surface area contributed by atoms with Crippen LogP contribution in [0.2, 0.25) is 0 Å². The first-order chi connectivity index (χ1) is 15.4. The molecule has 0 spiro atoms. The molecule has 2 aromatic rings. The molecule has 0 radical (unpaired) electrons. The van der Waals surface area contributed by atoms with Gasteiger partial charge in [0.1, 0.15) is 11.4 Å². The second-order valence-corrected chi connectivity index (χ2v) is 9.46. The minimum absolute atomic E-state index is 0.149. The third-order valence-electron chi connectivity index (χ3n) is 6.09. The van der Waals surface area contributed by atoms with E-state index in [0.717, 1.165) is 50.9 Å². The maximum Gasteiger partial charge on any atom is 0.191 e. The Kier molecular flexibility index (Phi) is 7.01. The molecular formula is C26H36N4O2. The van der Waals surface area contributed by atoms with Crippen LogP contribution in [0.1, 0.15) is 49.9 Å². The molecule has 2 atom stereocenters. The van der Waals surface area contributed by atoms with Crippen molar-refractivity contribution in [2.75, 3.05) is 26.7 Å². The number of rotatable bonds is 5. The van der Waals surface area contributed by atoms with E-state index < -0.39 is 0 Å². The van der Waals surface area contributed by atoms with Gasteiger partial charge in [0.15, 0.2) is 5.96 Å². The van der Waals surface area contributed by atoms with Crippen molar-refractivity contribution < 1.29 is 9.47 Å². The van der Waals surface area contributed by atoms with E-state index in [1.54, 1.807) is 0 Å². The zero-order valence-electron chi connectivity index (χ0n) is 19.7. The standard InChI is InChI=1S/C26H36N4O2/c1-19-17-30(12-13-31-19)18-21-9-7-8-20(14-21)16-28-25(27-4)29-23-15-26(2,3)32-24-11-6-5-10-22(23)24/h5-11,14,19,23H,12-13,15-18H2,1-4H3,(H2,27,28,29). The summed E-state index contributed by atoms with van der Waals surface area (Å²) in [6, 6.07) is 17.2. The Morgan fingerprint density at radius 1 is 1.16 bits per heavy atom. The highest BCUT2D eigenvalue weighted by Crippen LogP contribution is 2.39. The van der Waals surface area contributed by atoms with Crippen LogP contribution < -0.4 is 15.4 Å². The SMILES string of the molecule is CN=C(NCc1cccc(CN2CCOC(C)C2)c1)NC1CC(C)(C)Oc2ccccc21. The molecule has 2 unspecified atom stereocenters. The van der Waals surface area contributed by atoms with Crippen LogP contribution in [-0.2, 0) is 17.8 Å². The van der Waals surface area contributed by atoms with E-state index in [-0.39, 0.29) is 11.6 Å². The maximum absolute atomic E-state index is 6.16. The average molecular weight is 437 g/mol. The average Bonchev–Trinajstić information content (AvgIpc) is 2.76. The van der Waals surface area contributed by atoms with E-state index >= 15 is 0 Å². The van der Waals surface area contributed by atoms with E-state index in [0.29, 0.717) is 6.10 Å². The van der Waals surface area contributed by atoms with Gasteiger partial charge in [-0.25, -0.2) is 0 Å². The molecule has 2 aliphatic heterocycles. The van der Waals surface area contributed by atoms with Gasteiger partial charge >= 0.3 is 0 Å². The van der Waals surface area contributed by atoms with Crippen LogP contribution >= 0.6 is 0 Å². The summed E-state index contributed by atoms with van der Waals surface area (Å²) in [7, 11) is 1.82. The Morgan fingerprint density at radius 3 is 2.78 bits per heavy atom. The molecule has 0 bridgehead atoms. The number of hydrogen-bond acceptors (Lipinski definition) is 4. The summed E-state index contributed by atoms with van der Waals surface area (Å²) in [6.07, 6.45) is 1.18. The number of guanidine groups is 1. The molecule has 32 heavy (non-hydrogen) atoms. The summed E-state index contributed by atoms with van der Waals surface area (Å²) >= 11 is 0. The lowest BCUT2D eigenvalue weighted by molar-refractivity contribution is -0.0212. The van der Waals surface area contributed by atoms with Crippen LogP contribution in [0.4, 0.5) is 0 Å². The number of nitrogens with one attached hydrogen (secondary N) is 2. The van der Waals surface area contributed by atoms with E-state index in [2.05, 4.69) is 77.7 Å². The zero-order valence-corrected chi connectivity index (χ0v) is 19.7. The number of nitrogens with zero attached hydrogens (tertiary/aromatic N) is 2. The molecule has 0 aromatic heterocycles. The molecule has 1 saturated heterocycles. The van der Waals surface area contributed by atoms with Crippen molar-refractivity contribution in [3.8, 4) is 5.75 Å². The topological polar surface area (TPSA) is 58.1 Å². The summed E-state index contributed by atoms with van der Waals surface area (Å²) in [4.78, 5) is 6.94. The predicted molar refractivity (Wildman–Crippen MR) is 129 cm³/mol. The van der Waals surface area contributed by atoms with Crippen LogP contribution in [0.15, 0.2) is 53.5 Å². The molecule has 0 aliphatic carbocycles. The second kappa shape index (κ2) is 9.92. The van der Waals surface area contributed by atoms with Gasteiger partial charge < -0.3 is 20.1 Å². The number of fused-ring (bicyclic) bond motifs is 1. The van der Waals surface area contributed by atoms with Gasteiger partial charge in [-0.1, -0.05) is 42.5 Å². The fourth-order valence-electron chi connectivity index (χ4n) is 4.61. The molecule has 1 fully saturated rings. The van der Waals surface area contributed by atoms with Crippen molar-refractivity contribution in [2.24, 2.45) is 4.99 Å². The Labute approximate surface area is 192 Å². The lowest BCUT2D eigenvalue weighted by Crippen LogP contribution is -2.45. The van der Waals surface area contributed by atoms with Gasteiger partial charge in [0, 0.05) is 45.2 Å². The minimum atomic E-state index is -0.226. The van der Waals surface area contributed by atoms with E-state index in [1.807, 2.05) is 19.2 Å². The number of para-hydroxylation sites is 1. The van der Waals surface area contributed by atoms with Crippen LogP contribution in [0, 0.1) is 0 Å². The lowest BCUT2D eigenvalue weighted by atomic mass is 9.90. The lowest BCUT2D eigenvalue weighted by Gasteiger charge is -2.38. The van der Waals surface area contributed by atoms with Crippen molar-refractivity contribution >= 4 is 5.96 Å². The van der Waals surface area contributed by atoms with Crippen molar-refractivity contribution in [3.63, 3.8) is 0 Å². The Bertz CT molecular complexity index is 943. The molecule has 4 rings (SSSR count). The van der Waals surface area contributed by atoms with Crippen molar-refractivity contribution in [2.45, 2.75) is 58.0 Å². The highest BCUT2D eigenvalue weighted by molar-refractivity contribution is 5.80. The quantitative estimate of drug-likeness (QED) is 0.550. The van der Waals surface area contributed by atoms with Crippen LogP contribution in [0.25, 0.3) is 0 Å². The number of benzene rings is 2. The molecule has 2 aromatic carbocycles. The molecular weight excluding hydrogens is 400 g/mol. The Morgan fingerprint density at radius 2 is 1.97 bits per heavy atom. The van der Waals surface area contributed by atoms with Gasteiger partial charge in [0.25, 0.3) is 0 Å². The number of hydrogen-bond donors (Lipinski definition) is 2. The third-order valence-corrected chi connectivity index (χ3v) is 6.09. The van der Waals surface area contributed by atoms with E-state index in [1.165, 1.54) is 16.7 Å². The van der Waals surface area contributed by atoms with Gasteiger partial charge in [-0.2, -0.15) is 0 Å². The van der Waals surface area contributed by atoms with E-state index in [9.17, 15) is 0 Å². The van der Waals surface area contributed by atoms with Crippen LogP contribution in [0.3, 0.4) is 0 Å². The second-order valence-electron chi connectivity index (χ2n) is 9.46. The normalized spacial score (nSPS) is 23.2. The third kappa shape index (κ3) is 5.81. The van der Waals surface area contributed by atoms with Gasteiger partial charge in [0.2, 0.25) is 0 Å². The van der Waals surface area contributed by atoms with Gasteiger partial charge in [-0.05, 0) is 38.0 Å². The fourth-order valence-corrected chi connectivity index (χ4v) is 4.61. The zero-order chi connectivity index (χ0) is 22.6. The van der Waals surface area contributed by atoms with Gasteiger partial charge in [-0.3, -0.25) is 9.89 Å². The molecule has 172 valence electrons. The van der Waals surface area contributed by atoms with Crippen molar-refractivity contribution in [1.29, 1.82) is 0 Å². The van der Waals surface area contributed by atoms with Gasteiger partial charge in [0.05, 0.1) is 18.8 Å². The van der Waals surface area contributed by atoms with Gasteiger partial charge in [-0.15, -0.1) is 0 Å². The Hall–Kier alpha value is -2.57. The molecule has 2 N–H and O–H groups in total. The first-order valence-corrected chi connectivity index (χ1v) is 11.6. The fraction of sp³-hybridized carbons (Fsp3) is 0.500. The van der Waals surface area contributed by atoms with Crippen molar-refractivity contribution in [3.05, 3.63) is 65.2 Å². The largest absolute Gasteiger partial charge is 0.487 e. The summed E-state index contributed by atoms with van der Waals surface area (Å²) < 4.78 is 11.8. The maximum atomic E-state index is 6.16. The first kappa shape index (κ1) is 22.6. The summed E-state index contributed by atoms with van der Waals surface area (Å²) in [5.41, 5.74) is 3.54. The van der Waals surface area contributed by atoms with Crippen LogP contribution in [0.5, 0.6) is 5.75 Å². The molecule has 2 aliphatic rings. The highest BCUT2D eigenvalue weighted by atomic mass is 16.5. The van der Waals surface area contributed by atoms with Crippen molar-refractivity contribution in [1.82, 2.24) is 15.5 Å². The predicted octanol–water partition coefficient (Wildman–Crippen LogP) is 3.87.